The second-order valence-electron chi connectivity index (χ2n) is 6.70. The molecule has 0 radical (unpaired) electrons. The minimum atomic E-state index is -0.463. The maximum atomic E-state index is 12.5. The van der Waals surface area contributed by atoms with Crippen LogP contribution in [0.15, 0.2) is 63.8 Å². The van der Waals surface area contributed by atoms with E-state index in [1.54, 1.807) is 22.9 Å². The van der Waals surface area contributed by atoms with Gasteiger partial charge in [-0.25, -0.2) is 9.48 Å². The van der Waals surface area contributed by atoms with Crippen molar-refractivity contribution in [2.24, 2.45) is 0 Å². The van der Waals surface area contributed by atoms with Crippen LogP contribution in [0, 0.1) is 13.8 Å². The van der Waals surface area contributed by atoms with Gasteiger partial charge in [-0.15, -0.1) is 0 Å². The average Bonchev–Trinajstić information content (AvgIpc) is 3.19. The lowest BCUT2D eigenvalue weighted by atomic mass is 10.2. The number of rotatable bonds is 5. The van der Waals surface area contributed by atoms with Gasteiger partial charge in [0.25, 0.3) is 0 Å². The Kier molecular flexibility index (Phi) is 4.57. The van der Waals surface area contributed by atoms with Crippen molar-refractivity contribution in [2.75, 3.05) is 5.32 Å². The number of amides is 1. The SMILES string of the molecule is Cc1ccc(-n2nc(C)cc2NC(=O)CCn2c(=O)oc3ccccc32)cc1. The zero-order chi connectivity index (χ0) is 19.7. The molecule has 2 aromatic heterocycles. The fourth-order valence-electron chi connectivity index (χ4n) is 3.12. The Hall–Kier alpha value is -3.61. The maximum absolute atomic E-state index is 12.5. The first-order valence-electron chi connectivity index (χ1n) is 9.03. The summed E-state index contributed by atoms with van der Waals surface area (Å²) in [4.78, 5) is 24.5. The summed E-state index contributed by atoms with van der Waals surface area (Å²) < 4.78 is 8.37. The maximum Gasteiger partial charge on any atom is 0.419 e. The van der Waals surface area contributed by atoms with Gasteiger partial charge in [0.05, 0.1) is 16.9 Å². The largest absolute Gasteiger partial charge is 0.419 e. The van der Waals surface area contributed by atoms with Gasteiger partial charge in [0.2, 0.25) is 5.91 Å². The number of oxazole rings is 1. The van der Waals surface area contributed by atoms with Gasteiger partial charge >= 0.3 is 5.76 Å². The molecule has 2 heterocycles. The van der Waals surface area contributed by atoms with Crippen molar-refractivity contribution in [1.29, 1.82) is 0 Å². The smallest absolute Gasteiger partial charge is 0.408 e. The van der Waals surface area contributed by atoms with E-state index in [-0.39, 0.29) is 18.9 Å². The number of fused-ring (bicyclic) bond motifs is 1. The summed E-state index contributed by atoms with van der Waals surface area (Å²) in [5, 5.41) is 7.35. The predicted molar refractivity (Wildman–Crippen MR) is 107 cm³/mol. The average molecular weight is 376 g/mol. The third kappa shape index (κ3) is 3.46. The van der Waals surface area contributed by atoms with E-state index in [9.17, 15) is 9.59 Å². The number of aryl methyl sites for hydroxylation is 3. The Morgan fingerprint density at radius 1 is 1.11 bits per heavy atom. The number of benzene rings is 2. The third-order valence-electron chi connectivity index (χ3n) is 4.51. The van der Waals surface area contributed by atoms with Gasteiger partial charge < -0.3 is 9.73 Å². The van der Waals surface area contributed by atoms with Crippen LogP contribution in [0.1, 0.15) is 17.7 Å². The van der Waals surface area contributed by atoms with Gasteiger partial charge in [0.15, 0.2) is 5.58 Å². The molecule has 0 aliphatic heterocycles. The summed E-state index contributed by atoms with van der Waals surface area (Å²) in [5.41, 5.74) is 4.01. The topological polar surface area (TPSA) is 82.1 Å². The molecule has 7 nitrogen and oxygen atoms in total. The van der Waals surface area contributed by atoms with Crippen LogP contribution >= 0.6 is 0 Å². The molecular weight excluding hydrogens is 356 g/mol. The van der Waals surface area contributed by atoms with Crippen LogP contribution in [0.4, 0.5) is 5.82 Å². The molecule has 0 unspecified atom stereocenters. The monoisotopic (exact) mass is 376 g/mol. The van der Waals surface area contributed by atoms with Crippen molar-refractivity contribution >= 4 is 22.8 Å². The molecular formula is C21H20N4O3. The normalized spacial score (nSPS) is 11.1. The van der Waals surface area contributed by atoms with Crippen LogP contribution in [0.5, 0.6) is 0 Å². The first-order chi connectivity index (χ1) is 13.5. The van der Waals surface area contributed by atoms with E-state index in [1.165, 1.54) is 4.57 Å². The summed E-state index contributed by atoms with van der Waals surface area (Å²) in [6.45, 7) is 4.12. The number of carbonyl (C=O) groups excluding carboxylic acids is 1. The molecule has 4 aromatic rings. The lowest BCUT2D eigenvalue weighted by molar-refractivity contribution is -0.116. The Labute approximate surface area is 161 Å². The van der Waals surface area contributed by atoms with Crippen LogP contribution in [0.2, 0.25) is 0 Å². The molecule has 142 valence electrons. The highest BCUT2D eigenvalue weighted by molar-refractivity contribution is 5.90. The second-order valence-corrected chi connectivity index (χ2v) is 6.70. The lowest BCUT2D eigenvalue weighted by Crippen LogP contribution is -2.20. The van der Waals surface area contributed by atoms with Crippen LogP contribution in [0.3, 0.4) is 0 Å². The van der Waals surface area contributed by atoms with Crippen molar-refractivity contribution in [3.63, 3.8) is 0 Å². The van der Waals surface area contributed by atoms with Gasteiger partial charge in [0, 0.05) is 19.0 Å². The zero-order valence-electron chi connectivity index (χ0n) is 15.7. The van der Waals surface area contributed by atoms with Crippen LogP contribution in [0.25, 0.3) is 16.8 Å². The summed E-state index contributed by atoms with van der Waals surface area (Å²) >= 11 is 0. The molecule has 7 heteroatoms. The number of nitrogens with zero attached hydrogens (tertiary/aromatic N) is 3. The molecule has 4 rings (SSSR count). The third-order valence-corrected chi connectivity index (χ3v) is 4.51. The molecule has 0 saturated carbocycles. The van der Waals surface area contributed by atoms with Crippen molar-refractivity contribution in [2.45, 2.75) is 26.8 Å². The van der Waals surface area contributed by atoms with Crippen molar-refractivity contribution in [3.05, 3.63) is 76.4 Å². The number of para-hydroxylation sites is 2. The van der Waals surface area contributed by atoms with E-state index in [4.69, 9.17) is 4.42 Å². The van der Waals surface area contributed by atoms with Gasteiger partial charge in [-0.1, -0.05) is 29.8 Å². The number of hydrogen-bond acceptors (Lipinski definition) is 4. The minimum Gasteiger partial charge on any atom is -0.408 e. The van der Waals surface area contributed by atoms with Crippen LogP contribution in [-0.4, -0.2) is 20.3 Å². The molecule has 28 heavy (non-hydrogen) atoms. The van der Waals surface area contributed by atoms with E-state index < -0.39 is 5.76 Å². The standard InChI is InChI=1S/C21H20N4O3/c1-14-7-9-16(10-8-14)25-19(13-15(2)23-25)22-20(26)11-12-24-17-5-3-4-6-18(17)28-21(24)27/h3-10,13H,11-12H2,1-2H3,(H,22,26). The van der Waals surface area contributed by atoms with Gasteiger partial charge in [-0.05, 0) is 38.1 Å². The highest BCUT2D eigenvalue weighted by atomic mass is 16.4. The highest BCUT2D eigenvalue weighted by Gasteiger charge is 2.13. The molecule has 2 aromatic carbocycles. The molecule has 1 N–H and O–H groups in total. The predicted octanol–water partition coefficient (Wildman–Crippen LogP) is 3.43. The number of hydrogen-bond donors (Lipinski definition) is 1. The first kappa shape index (κ1) is 17.8. The summed E-state index contributed by atoms with van der Waals surface area (Å²) in [5.74, 6) is -0.0734. The van der Waals surface area contributed by atoms with Crippen molar-refractivity contribution in [1.82, 2.24) is 14.3 Å². The van der Waals surface area contributed by atoms with Crippen molar-refractivity contribution in [3.8, 4) is 5.69 Å². The fourth-order valence-corrected chi connectivity index (χ4v) is 3.12. The van der Waals surface area contributed by atoms with Gasteiger partial charge in [-0.3, -0.25) is 9.36 Å². The molecule has 0 bridgehead atoms. The summed E-state index contributed by atoms with van der Waals surface area (Å²) in [6.07, 6.45) is 0.140. The quantitative estimate of drug-likeness (QED) is 0.579. The fraction of sp³-hybridized carbons (Fsp3) is 0.190. The summed E-state index contributed by atoms with van der Waals surface area (Å²) in [7, 11) is 0. The molecule has 0 fully saturated rings. The zero-order valence-corrected chi connectivity index (χ0v) is 15.7. The van der Waals surface area contributed by atoms with E-state index in [0.717, 1.165) is 16.9 Å². The molecule has 0 aliphatic rings. The first-order valence-corrected chi connectivity index (χ1v) is 9.03. The number of aromatic nitrogens is 3. The molecule has 0 saturated heterocycles. The van der Waals surface area contributed by atoms with E-state index in [2.05, 4.69) is 10.4 Å². The highest BCUT2D eigenvalue weighted by Crippen LogP contribution is 2.18. The second kappa shape index (κ2) is 7.19. The number of nitrogens with one attached hydrogen (secondary N) is 1. The van der Waals surface area contributed by atoms with Crippen molar-refractivity contribution < 1.29 is 9.21 Å². The van der Waals surface area contributed by atoms with Crippen LogP contribution < -0.4 is 11.1 Å². The van der Waals surface area contributed by atoms with E-state index >= 15 is 0 Å². The summed E-state index contributed by atoms with van der Waals surface area (Å²) in [6, 6.07) is 16.9. The van der Waals surface area contributed by atoms with Gasteiger partial charge in [-0.2, -0.15) is 5.10 Å². The van der Waals surface area contributed by atoms with Crippen LogP contribution in [-0.2, 0) is 11.3 Å². The Morgan fingerprint density at radius 2 is 1.86 bits per heavy atom. The lowest BCUT2D eigenvalue weighted by Gasteiger charge is -2.09. The molecule has 1 amide bonds. The van der Waals surface area contributed by atoms with E-state index in [0.29, 0.717) is 16.9 Å². The Morgan fingerprint density at radius 3 is 2.64 bits per heavy atom. The number of anilines is 1. The number of carbonyl (C=O) groups is 1. The minimum absolute atomic E-state index is 0.140. The Balaban J connectivity index is 1.51. The molecule has 0 atom stereocenters. The molecule has 0 aliphatic carbocycles. The van der Waals surface area contributed by atoms with E-state index in [1.807, 2.05) is 50.2 Å². The Bertz CT molecular complexity index is 1200. The van der Waals surface area contributed by atoms with Gasteiger partial charge in [0.1, 0.15) is 5.82 Å². The molecule has 0 spiro atoms.